The van der Waals surface area contributed by atoms with E-state index in [0.717, 1.165) is 51.4 Å². The summed E-state index contributed by atoms with van der Waals surface area (Å²) in [5, 5.41) is 21.1. The largest absolute Gasteiger partial charge is 0.395 e. The van der Waals surface area contributed by atoms with Crippen molar-refractivity contribution in [1.29, 1.82) is 0 Å². The molecule has 0 aromatic heterocycles. The molecule has 0 unspecified atom stereocenters. The van der Waals surface area contributed by atoms with E-state index in [1.807, 2.05) is 27.7 Å². The van der Waals surface area contributed by atoms with Gasteiger partial charge in [0.2, 0.25) is 17.6 Å². The van der Waals surface area contributed by atoms with Gasteiger partial charge in [-0.05, 0) is 75.5 Å². The van der Waals surface area contributed by atoms with Gasteiger partial charge in [-0.1, -0.05) is 66.2 Å². The van der Waals surface area contributed by atoms with Crippen LogP contribution in [0.1, 0.15) is 119 Å². The number of Topliss-reactive ketones (excluding diaryl/α,β-unsaturated/α-hetero) is 1. The Balaban J connectivity index is 1.55. The van der Waals surface area contributed by atoms with E-state index in [2.05, 4.69) is 21.3 Å². The van der Waals surface area contributed by atoms with Crippen LogP contribution in [0.25, 0.3) is 0 Å². The number of carbonyl (C=O) groups is 5. The number of nitrogens with zero attached hydrogens (tertiary/aromatic N) is 1. The number of urea groups is 1. The Morgan fingerprint density at radius 1 is 0.920 bits per heavy atom. The molecule has 0 bridgehead atoms. The maximum atomic E-state index is 14.5. The lowest BCUT2D eigenvalue weighted by atomic mass is 9.83. The molecule has 0 aromatic rings. The predicted octanol–water partition coefficient (Wildman–Crippen LogP) is 2.60. The summed E-state index contributed by atoms with van der Waals surface area (Å²) in [5.74, 6) is -2.35. The number of ketones is 1. The molecule has 0 aromatic carbocycles. The van der Waals surface area contributed by atoms with Crippen LogP contribution in [0.15, 0.2) is 0 Å². The highest BCUT2D eigenvalue weighted by Gasteiger charge is 2.53. The van der Waals surface area contributed by atoms with Crippen molar-refractivity contribution >= 4 is 39.4 Å². The zero-order valence-corrected chi connectivity index (χ0v) is 31.8. The van der Waals surface area contributed by atoms with E-state index in [0.29, 0.717) is 38.8 Å². The van der Waals surface area contributed by atoms with Gasteiger partial charge < -0.3 is 31.3 Å². The van der Waals surface area contributed by atoms with Gasteiger partial charge in [-0.15, -0.1) is 0 Å². The number of nitrogens with one attached hydrogen (secondary N) is 4. The fourth-order valence-electron chi connectivity index (χ4n) is 7.94. The molecule has 1 aliphatic heterocycles. The average Bonchev–Trinajstić information content (AvgIpc) is 3.61. The Labute approximate surface area is 298 Å². The summed E-state index contributed by atoms with van der Waals surface area (Å²) < 4.78 is 25.4. The number of amides is 5. The number of fused-ring (bicyclic) bond motifs is 1. The minimum Gasteiger partial charge on any atom is -0.395 e. The molecule has 14 heteroatoms. The molecule has 4 aliphatic rings. The molecule has 0 radical (unpaired) electrons. The predicted molar refractivity (Wildman–Crippen MR) is 190 cm³/mol. The summed E-state index contributed by atoms with van der Waals surface area (Å²) in [4.78, 5) is 69.8. The SMILES string of the molecule is CCCNC(=O)C(=O)[C@H](CC1CC1)NC(=O)[C@@H]1[C@H]2CCC[C@H]2CN1C(=O)[C@@H](NC(=O)NC1(CS(=O)(=O)C(C)(C)CO)CCCCC1)C(C)(C)C. The number of hydrogen-bond acceptors (Lipinski definition) is 8. The van der Waals surface area contributed by atoms with Gasteiger partial charge in [0, 0.05) is 13.1 Å². The Kier molecular flexibility index (Phi) is 12.7. The number of carbonyl (C=O) groups excluding carboxylic acids is 5. The van der Waals surface area contributed by atoms with E-state index in [4.69, 9.17) is 0 Å². The van der Waals surface area contributed by atoms with E-state index in [-0.39, 0.29) is 23.5 Å². The van der Waals surface area contributed by atoms with Crippen molar-refractivity contribution in [3.05, 3.63) is 0 Å². The molecule has 1 saturated heterocycles. The van der Waals surface area contributed by atoms with Crippen molar-refractivity contribution in [3.8, 4) is 0 Å². The van der Waals surface area contributed by atoms with E-state index in [1.54, 1.807) is 4.90 Å². The van der Waals surface area contributed by atoms with Crippen LogP contribution in [-0.4, -0.2) is 102 Å². The lowest BCUT2D eigenvalue weighted by Crippen LogP contribution is -2.64. The smallest absolute Gasteiger partial charge is 0.315 e. The van der Waals surface area contributed by atoms with Crippen LogP contribution in [0.3, 0.4) is 0 Å². The number of aliphatic hydroxyl groups is 1. The molecule has 284 valence electrons. The highest BCUT2D eigenvalue weighted by molar-refractivity contribution is 7.92. The highest BCUT2D eigenvalue weighted by atomic mass is 32.2. The van der Waals surface area contributed by atoms with Crippen LogP contribution in [0.2, 0.25) is 0 Å². The summed E-state index contributed by atoms with van der Waals surface area (Å²) in [6, 6.07) is -3.55. The normalized spacial score (nSPS) is 24.9. The molecular formula is C36H61N5O8S. The quantitative estimate of drug-likeness (QED) is 0.159. The van der Waals surface area contributed by atoms with Crippen molar-refractivity contribution in [2.75, 3.05) is 25.4 Å². The topological polar surface area (TPSA) is 191 Å². The molecule has 0 spiro atoms. The van der Waals surface area contributed by atoms with Gasteiger partial charge in [-0.3, -0.25) is 19.2 Å². The van der Waals surface area contributed by atoms with Gasteiger partial charge in [0.1, 0.15) is 12.1 Å². The van der Waals surface area contributed by atoms with Crippen LogP contribution in [-0.2, 0) is 29.0 Å². The second-order valence-electron chi connectivity index (χ2n) is 17.1. The average molecular weight is 724 g/mol. The van der Waals surface area contributed by atoms with Crippen molar-refractivity contribution in [2.45, 2.75) is 147 Å². The molecule has 1 heterocycles. The van der Waals surface area contributed by atoms with E-state index in [9.17, 15) is 37.5 Å². The zero-order chi connectivity index (χ0) is 37.1. The number of likely N-dealkylation sites (tertiary alicyclic amines) is 1. The molecule has 5 N–H and O–H groups in total. The van der Waals surface area contributed by atoms with Crippen molar-refractivity contribution in [1.82, 2.24) is 26.2 Å². The van der Waals surface area contributed by atoms with Crippen molar-refractivity contribution in [2.24, 2.45) is 23.2 Å². The monoisotopic (exact) mass is 723 g/mol. The fraction of sp³-hybridized carbons (Fsp3) is 0.861. The fourth-order valence-corrected chi connectivity index (χ4v) is 9.62. The minimum atomic E-state index is -3.82. The van der Waals surface area contributed by atoms with Crippen LogP contribution < -0.4 is 21.3 Å². The third-order valence-electron chi connectivity index (χ3n) is 11.4. The molecule has 4 rings (SSSR count). The number of aliphatic hydroxyl groups excluding tert-OH is 1. The lowest BCUT2D eigenvalue weighted by molar-refractivity contribution is -0.144. The lowest BCUT2D eigenvalue weighted by Gasteiger charge is -2.41. The Bertz CT molecular complexity index is 1380. The third-order valence-corrected chi connectivity index (χ3v) is 14.1. The maximum Gasteiger partial charge on any atom is 0.315 e. The first-order valence-corrected chi connectivity index (χ1v) is 20.3. The van der Waals surface area contributed by atoms with Gasteiger partial charge in [-0.2, -0.15) is 0 Å². The van der Waals surface area contributed by atoms with Crippen LogP contribution in [0, 0.1) is 23.2 Å². The molecule has 50 heavy (non-hydrogen) atoms. The summed E-state index contributed by atoms with van der Waals surface area (Å²) in [7, 11) is -3.82. The molecule has 5 amide bonds. The van der Waals surface area contributed by atoms with E-state index in [1.165, 1.54) is 13.8 Å². The van der Waals surface area contributed by atoms with Crippen molar-refractivity contribution < 1.29 is 37.5 Å². The van der Waals surface area contributed by atoms with Crippen LogP contribution in [0.4, 0.5) is 4.79 Å². The first-order chi connectivity index (χ1) is 23.3. The number of hydrogen-bond donors (Lipinski definition) is 5. The van der Waals surface area contributed by atoms with Gasteiger partial charge in [0.25, 0.3) is 5.91 Å². The molecular weight excluding hydrogens is 662 g/mol. The highest BCUT2D eigenvalue weighted by Crippen LogP contribution is 2.43. The van der Waals surface area contributed by atoms with Crippen LogP contribution >= 0.6 is 0 Å². The Hall–Kier alpha value is -2.74. The zero-order valence-electron chi connectivity index (χ0n) is 30.9. The third kappa shape index (κ3) is 9.37. The molecule has 4 fully saturated rings. The Morgan fingerprint density at radius 3 is 2.16 bits per heavy atom. The van der Waals surface area contributed by atoms with Crippen LogP contribution in [0.5, 0.6) is 0 Å². The van der Waals surface area contributed by atoms with Gasteiger partial charge >= 0.3 is 6.03 Å². The summed E-state index contributed by atoms with van der Waals surface area (Å²) >= 11 is 0. The minimum absolute atomic E-state index is 0.0974. The van der Waals surface area contributed by atoms with Gasteiger partial charge in [-0.25, -0.2) is 13.2 Å². The summed E-state index contributed by atoms with van der Waals surface area (Å²) in [6.45, 7) is 10.5. The first-order valence-electron chi connectivity index (χ1n) is 18.7. The molecule has 5 atom stereocenters. The summed E-state index contributed by atoms with van der Waals surface area (Å²) in [5.41, 5.74) is -1.83. The van der Waals surface area contributed by atoms with E-state index < -0.39 is 79.8 Å². The summed E-state index contributed by atoms with van der Waals surface area (Å²) in [6.07, 6.45) is 8.71. The van der Waals surface area contributed by atoms with Gasteiger partial charge in [0.15, 0.2) is 9.84 Å². The number of rotatable bonds is 15. The first kappa shape index (κ1) is 40.0. The second-order valence-corrected chi connectivity index (χ2v) is 19.7. The molecule has 3 aliphatic carbocycles. The van der Waals surface area contributed by atoms with Gasteiger partial charge in [0.05, 0.1) is 28.7 Å². The maximum absolute atomic E-state index is 14.5. The number of sulfone groups is 1. The Morgan fingerprint density at radius 2 is 1.58 bits per heavy atom. The standard InChI is InChI=1S/C36H61N5O8S/c1-7-18-37-31(45)28(43)26(19-23-14-15-23)38-30(44)27-25-13-11-12-24(25)20-41(27)32(46)29(34(2,3)4)39-33(47)40-36(16-9-8-10-17-36)22-50(48,49)35(5,6)21-42/h23-27,29,42H,7-22H2,1-6H3,(H,37,45)(H,38,44)(H2,39,40,47)/t24-,25-,26-,27-,29+/m0/s1. The van der Waals surface area contributed by atoms with E-state index >= 15 is 0 Å². The molecule has 13 nitrogen and oxygen atoms in total. The second kappa shape index (κ2) is 15.9. The van der Waals surface area contributed by atoms with Crippen molar-refractivity contribution in [3.63, 3.8) is 0 Å². The molecule has 3 saturated carbocycles.